The standard InChI is InChI=1S/C29H26.C8H13NS2/c1-3-14-24(15-4-2)28(25-16-8-5-9-17-25)22-23-29(26-18-10-6-11-19-26)27-20-12-7-13-21-27;1-7(11-6-10)4-8(2,3)5-9/h3-23H,1H2,2H3;6-7H,4H2,1-3H3/b15-4-,24-14+,28-22?;. The number of allylic oxidation sites excluding steroid dienone is 8. The van der Waals surface area contributed by atoms with E-state index in [2.05, 4.69) is 123 Å². The zero-order valence-electron chi connectivity index (χ0n) is 24.0. The van der Waals surface area contributed by atoms with Gasteiger partial charge in [0.1, 0.15) is 0 Å². The molecule has 0 saturated heterocycles. The smallest absolute Gasteiger partial charge is 0.0684 e. The topological polar surface area (TPSA) is 23.8 Å². The number of hydrogen-bond donors (Lipinski definition) is 0. The minimum Gasteiger partial charge on any atom is -0.198 e. The van der Waals surface area contributed by atoms with Crippen molar-refractivity contribution in [1.29, 1.82) is 5.26 Å². The molecule has 0 aliphatic heterocycles. The zero-order valence-corrected chi connectivity index (χ0v) is 25.6. The second-order valence-electron chi connectivity index (χ2n) is 9.86. The van der Waals surface area contributed by atoms with Gasteiger partial charge < -0.3 is 0 Å². The highest BCUT2D eigenvalue weighted by Crippen LogP contribution is 2.28. The van der Waals surface area contributed by atoms with Crippen LogP contribution in [0.1, 0.15) is 50.8 Å². The van der Waals surface area contributed by atoms with Crippen LogP contribution in [0.15, 0.2) is 140 Å². The van der Waals surface area contributed by atoms with Gasteiger partial charge in [-0.1, -0.05) is 153 Å². The molecule has 0 fully saturated rings. The summed E-state index contributed by atoms with van der Waals surface area (Å²) in [7, 11) is 0. The first-order chi connectivity index (χ1) is 19.3. The van der Waals surface area contributed by atoms with Gasteiger partial charge in [-0.2, -0.15) is 5.26 Å². The molecule has 1 unspecified atom stereocenters. The number of benzene rings is 3. The predicted octanol–water partition coefficient (Wildman–Crippen LogP) is 10.9. The van der Waals surface area contributed by atoms with Crippen LogP contribution < -0.4 is 0 Å². The summed E-state index contributed by atoms with van der Waals surface area (Å²) in [6.45, 7) is 11.9. The van der Waals surface area contributed by atoms with Gasteiger partial charge in [-0.3, -0.25) is 0 Å². The second kappa shape index (κ2) is 17.8. The third-order valence-corrected chi connectivity index (χ3v) is 7.09. The number of nitrogens with zero attached hydrogens (tertiary/aromatic N) is 1. The minimum atomic E-state index is -0.218. The van der Waals surface area contributed by atoms with Crippen LogP contribution in [0.5, 0.6) is 0 Å². The van der Waals surface area contributed by atoms with Crippen LogP contribution in [0, 0.1) is 16.7 Å². The highest BCUT2D eigenvalue weighted by atomic mass is 32.2. The van der Waals surface area contributed by atoms with Crippen molar-refractivity contribution in [1.82, 2.24) is 0 Å². The van der Waals surface area contributed by atoms with Gasteiger partial charge in [0.25, 0.3) is 0 Å². The molecule has 204 valence electrons. The van der Waals surface area contributed by atoms with E-state index in [4.69, 9.17) is 17.5 Å². The first kappa shape index (κ1) is 32.5. The highest BCUT2D eigenvalue weighted by molar-refractivity contribution is 8.21. The molecule has 0 aromatic heterocycles. The van der Waals surface area contributed by atoms with E-state index in [1.165, 1.54) is 22.3 Å². The average molecular weight is 562 g/mol. The van der Waals surface area contributed by atoms with Crippen LogP contribution in [0.4, 0.5) is 0 Å². The molecule has 0 heterocycles. The molecule has 0 bridgehead atoms. The summed E-state index contributed by atoms with van der Waals surface area (Å²) in [4.78, 5) is 0. The van der Waals surface area contributed by atoms with E-state index < -0.39 is 0 Å². The summed E-state index contributed by atoms with van der Waals surface area (Å²) in [6, 6.07) is 33.8. The van der Waals surface area contributed by atoms with Crippen molar-refractivity contribution >= 4 is 39.8 Å². The van der Waals surface area contributed by atoms with Gasteiger partial charge in [-0.05, 0) is 60.6 Å². The Morgan fingerprint density at radius 1 is 0.875 bits per heavy atom. The summed E-state index contributed by atoms with van der Waals surface area (Å²) >= 11 is 6.32. The molecule has 40 heavy (non-hydrogen) atoms. The fourth-order valence-electron chi connectivity index (χ4n) is 4.19. The Morgan fingerprint density at radius 2 is 1.38 bits per heavy atom. The molecule has 0 saturated carbocycles. The molecule has 1 nitrogen and oxygen atoms in total. The molecule has 0 aliphatic rings. The number of nitriles is 1. The maximum atomic E-state index is 8.72. The van der Waals surface area contributed by atoms with E-state index in [1.54, 1.807) is 16.5 Å². The fraction of sp³-hybridized carbons (Fsp3) is 0.189. The Hall–Kier alpha value is -3.71. The first-order valence-corrected chi connectivity index (χ1v) is 14.8. The van der Waals surface area contributed by atoms with Crippen molar-refractivity contribution in [3.05, 3.63) is 156 Å². The monoisotopic (exact) mass is 561 g/mol. The van der Waals surface area contributed by atoms with Crippen LogP contribution in [0.25, 0.3) is 11.1 Å². The molecule has 0 amide bonds. The number of rotatable bonds is 11. The molecule has 1 atom stereocenters. The van der Waals surface area contributed by atoms with Gasteiger partial charge in [0, 0.05) is 9.95 Å². The van der Waals surface area contributed by atoms with Crippen LogP contribution in [0.2, 0.25) is 0 Å². The lowest BCUT2D eigenvalue weighted by Crippen LogP contribution is -2.14. The quantitative estimate of drug-likeness (QED) is 0.172. The van der Waals surface area contributed by atoms with Crippen molar-refractivity contribution in [2.75, 3.05) is 0 Å². The molecule has 0 radical (unpaired) electrons. The van der Waals surface area contributed by atoms with Gasteiger partial charge in [-0.25, -0.2) is 0 Å². The third-order valence-electron chi connectivity index (χ3n) is 6.01. The largest absolute Gasteiger partial charge is 0.198 e. The lowest BCUT2D eigenvalue weighted by molar-refractivity contribution is 0.453. The van der Waals surface area contributed by atoms with Crippen LogP contribution in [-0.2, 0) is 0 Å². The SMILES string of the molecule is C=C/C=C(\C=C/C)C(=CC=C(c1ccccc1)c1ccccc1)c1ccccc1.CC(CC(C)(C)C#N)SC=S. The van der Waals surface area contributed by atoms with E-state index in [1.807, 2.05) is 45.0 Å². The Bertz CT molecular complexity index is 1310. The van der Waals surface area contributed by atoms with Gasteiger partial charge in [0.05, 0.1) is 11.5 Å². The van der Waals surface area contributed by atoms with Gasteiger partial charge >= 0.3 is 0 Å². The first-order valence-electron chi connectivity index (χ1n) is 13.4. The second-order valence-corrected chi connectivity index (χ2v) is 11.7. The highest BCUT2D eigenvalue weighted by Gasteiger charge is 2.19. The number of hydrogen-bond acceptors (Lipinski definition) is 3. The van der Waals surface area contributed by atoms with Crippen molar-refractivity contribution < 1.29 is 0 Å². The summed E-state index contributed by atoms with van der Waals surface area (Å²) in [5, 5.41) is 9.16. The fourth-order valence-corrected chi connectivity index (χ4v) is 5.46. The number of thiocarbonyl (C=S) groups is 1. The summed E-state index contributed by atoms with van der Waals surface area (Å²) in [5.41, 5.74) is 6.84. The Morgan fingerprint density at radius 3 is 1.80 bits per heavy atom. The van der Waals surface area contributed by atoms with Gasteiger partial charge in [0.15, 0.2) is 0 Å². The van der Waals surface area contributed by atoms with Crippen LogP contribution in [0.3, 0.4) is 0 Å². The van der Waals surface area contributed by atoms with E-state index in [0.29, 0.717) is 5.25 Å². The van der Waals surface area contributed by atoms with Crippen LogP contribution >= 0.6 is 24.0 Å². The molecule has 0 N–H and O–H groups in total. The zero-order chi connectivity index (χ0) is 29.2. The van der Waals surface area contributed by atoms with Crippen molar-refractivity contribution in [3.63, 3.8) is 0 Å². The van der Waals surface area contributed by atoms with Gasteiger partial charge in [0.2, 0.25) is 0 Å². The maximum absolute atomic E-state index is 8.72. The van der Waals surface area contributed by atoms with Crippen molar-refractivity contribution in [3.8, 4) is 6.07 Å². The number of thioether (sulfide) groups is 1. The molecular formula is C37H39NS2. The lowest BCUT2D eigenvalue weighted by atomic mass is 9.90. The average Bonchev–Trinajstić information content (AvgIpc) is 2.97. The molecule has 0 aliphatic carbocycles. The Balaban J connectivity index is 0.000000432. The normalized spacial score (nSPS) is 12.5. The van der Waals surface area contributed by atoms with Crippen molar-refractivity contribution in [2.45, 2.75) is 39.4 Å². The van der Waals surface area contributed by atoms with Gasteiger partial charge in [-0.15, -0.1) is 11.8 Å². The molecule has 0 spiro atoms. The van der Waals surface area contributed by atoms with E-state index >= 15 is 0 Å². The molecule has 3 aromatic carbocycles. The Labute approximate surface area is 251 Å². The van der Waals surface area contributed by atoms with Crippen molar-refractivity contribution in [2.24, 2.45) is 5.41 Å². The summed E-state index contributed by atoms with van der Waals surface area (Å²) in [5.74, 6) is 0. The molecule has 3 heteroatoms. The van der Waals surface area contributed by atoms with E-state index in [-0.39, 0.29) is 5.41 Å². The van der Waals surface area contributed by atoms with E-state index in [9.17, 15) is 0 Å². The maximum Gasteiger partial charge on any atom is 0.0684 e. The molecular weight excluding hydrogens is 523 g/mol. The van der Waals surface area contributed by atoms with Crippen LogP contribution in [-0.4, -0.2) is 9.95 Å². The molecule has 3 aromatic rings. The predicted molar refractivity (Wildman–Crippen MR) is 182 cm³/mol. The third kappa shape index (κ3) is 11.2. The summed E-state index contributed by atoms with van der Waals surface area (Å²) in [6.07, 6.45) is 13.4. The minimum absolute atomic E-state index is 0.218. The van der Waals surface area contributed by atoms with E-state index in [0.717, 1.165) is 17.6 Å². The molecule has 3 rings (SSSR count). The summed E-state index contributed by atoms with van der Waals surface area (Å²) < 4.78 is 1.66. The lowest BCUT2D eigenvalue weighted by Gasteiger charge is -2.18. The Kier molecular flexibility index (Phi) is 14.5.